The van der Waals surface area contributed by atoms with E-state index in [0.717, 1.165) is 18.7 Å². The lowest BCUT2D eigenvalue weighted by molar-refractivity contribution is 0.0734. The molecule has 2 heterocycles. The number of carbonyl (C=O) groups is 1. The molecule has 1 aliphatic rings. The highest BCUT2D eigenvalue weighted by Gasteiger charge is 2.20. The summed E-state index contributed by atoms with van der Waals surface area (Å²) in [5.41, 5.74) is 0.814. The van der Waals surface area contributed by atoms with Crippen LogP contribution < -0.4 is 10.9 Å². The van der Waals surface area contributed by atoms with Gasteiger partial charge in [0.15, 0.2) is 0 Å². The number of hydrogen-bond acceptors (Lipinski definition) is 3. The summed E-state index contributed by atoms with van der Waals surface area (Å²) in [6, 6.07) is 1.64. The normalized spacial score (nSPS) is 16.2. The fourth-order valence-corrected chi connectivity index (χ4v) is 1.79. The minimum absolute atomic E-state index is 0.175. The van der Waals surface area contributed by atoms with Crippen LogP contribution in [0.1, 0.15) is 15.9 Å². The van der Waals surface area contributed by atoms with Gasteiger partial charge in [0.05, 0.1) is 0 Å². The third kappa shape index (κ3) is 2.14. The number of aromatic amines is 1. The van der Waals surface area contributed by atoms with Gasteiger partial charge in [-0.1, -0.05) is 0 Å². The van der Waals surface area contributed by atoms with Crippen molar-refractivity contribution in [1.82, 2.24) is 15.2 Å². The molecule has 1 aliphatic heterocycles. The van der Waals surface area contributed by atoms with Crippen molar-refractivity contribution in [1.29, 1.82) is 0 Å². The average molecular weight is 221 g/mol. The van der Waals surface area contributed by atoms with Gasteiger partial charge in [0.2, 0.25) is 0 Å². The molecule has 86 valence electrons. The highest BCUT2D eigenvalue weighted by Crippen LogP contribution is 2.03. The average Bonchev–Trinajstić information content (AvgIpc) is 2.32. The Hall–Kier alpha value is -1.62. The van der Waals surface area contributed by atoms with E-state index in [-0.39, 0.29) is 17.0 Å². The summed E-state index contributed by atoms with van der Waals surface area (Å²) in [5, 5.41) is 3.17. The number of nitrogens with zero attached hydrogens (tertiary/aromatic N) is 1. The minimum Gasteiger partial charge on any atom is -0.336 e. The van der Waals surface area contributed by atoms with Crippen molar-refractivity contribution in [2.45, 2.75) is 6.92 Å². The van der Waals surface area contributed by atoms with Crippen molar-refractivity contribution in [2.24, 2.45) is 0 Å². The molecule has 0 radical (unpaired) electrons. The number of H-pyrrole nitrogens is 1. The Kier molecular flexibility index (Phi) is 3.05. The van der Waals surface area contributed by atoms with Gasteiger partial charge in [-0.25, -0.2) is 0 Å². The Labute approximate surface area is 93.5 Å². The van der Waals surface area contributed by atoms with Gasteiger partial charge in [-0.2, -0.15) is 0 Å². The fourth-order valence-electron chi connectivity index (χ4n) is 1.79. The molecule has 1 amide bonds. The van der Waals surface area contributed by atoms with E-state index < -0.39 is 0 Å². The van der Waals surface area contributed by atoms with Crippen molar-refractivity contribution in [3.05, 3.63) is 33.7 Å². The lowest BCUT2D eigenvalue weighted by Gasteiger charge is -2.27. The molecule has 0 aromatic carbocycles. The highest BCUT2D eigenvalue weighted by atomic mass is 16.2. The summed E-state index contributed by atoms with van der Waals surface area (Å²) in [5.74, 6) is -0.175. The number of amides is 1. The van der Waals surface area contributed by atoms with E-state index in [2.05, 4.69) is 10.3 Å². The third-order valence-electron chi connectivity index (χ3n) is 2.68. The third-order valence-corrected chi connectivity index (χ3v) is 2.68. The smallest absolute Gasteiger partial charge is 0.260 e. The van der Waals surface area contributed by atoms with Gasteiger partial charge in [0.25, 0.3) is 11.5 Å². The second-order valence-corrected chi connectivity index (χ2v) is 3.96. The van der Waals surface area contributed by atoms with Crippen LogP contribution in [0.3, 0.4) is 0 Å². The maximum atomic E-state index is 12.1. The maximum absolute atomic E-state index is 12.1. The molecule has 0 aliphatic carbocycles. The van der Waals surface area contributed by atoms with Crippen molar-refractivity contribution >= 4 is 5.91 Å². The van der Waals surface area contributed by atoms with Crippen LogP contribution in [-0.2, 0) is 0 Å². The number of hydrogen-bond donors (Lipinski definition) is 2. The molecule has 0 unspecified atom stereocenters. The van der Waals surface area contributed by atoms with E-state index in [1.807, 2.05) is 6.92 Å². The maximum Gasteiger partial charge on any atom is 0.260 e. The van der Waals surface area contributed by atoms with E-state index >= 15 is 0 Å². The number of carbonyl (C=O) groups excluding carboxylic acids is 1. The Morgan fingerprint density at radius 2 is 2.06 bits per heavy atom. The molecule has 1 aromatic rings. The number of piperazine rings is 1. The lowest BCUT2D eigenvalue weighted by Crippen LogP contribution is -2.47. The predicted octanol–water partition coefficient (Wildman–Crippen LogP) is -0.271. The lowest BCUT2D eigenvalue weighted by atomic mass is 10.2. The zero-order valence-electron chi connectivity index (χ0n) is 9.25. The van der Waals surface area contributed by atoms with Crippen molar-refractivity contribution < 1.29 is 4.79 Å². The SMILES string of the molecule is Cc1c[nH]c(=O)c(C(=O)N2CCNCC2)c1. The van der Waals surface area contributed by atoms with Crippen LogP contribution in [-0.4, -0.2) is 42.0 Å². The minimum atomic E-state index is -0.311. The van der Waals surface area contributed by atoms with Crippen LogP contribution in [0, 0.1) is 6.92 Å². The van der Waals surface area contributed by atoms with Crippen molar-refractivity contribution in [3.63, 3.8) is 0 Å². The molecular formula is C11H15N3O2. The monoisotopic (exact) mass is 221 g/mol. The first-order valence-corrected chi connectivity index (χ1v) is 5.38. The van der Waals surface area contributed by atoms with Gasteiger partial charge >= 0.3 is 0 Å². The van der Waals surface area contributed by atoms with Crippen LogP contribution in [0.4, 0.5) is 0 Å². The molecule has 2 rings (SSSR count). The second-order valence-electron chi connectivity index (χ2n) is 3.96. The molecule has 16 heavy (non-hydrogen) atoms. The van der Waals surface area contributed by atoms with Gasteiger partial charge < -0.3 is 15.2 Å². The summed E-state index contributed by atoms with van der Waals surface area (Å²) >= 11 is 0. The van der Waals surface area contributed by atoms with E-state index in [1.54, 1.807) is 17.2 Å². The summed E-state index contributed by atoms with van der Waals surface area (Å²) in [4.78, 5) is 27.9. The van der Waals surface area contributed by atoms with Gasteiger partial charge in [-0.15, -0.1) is 0 Å². The van der Waals surface area contributed by atoms with Crippen LogP contribution >= 0.6 is 0 Å². The first-order valence-electron chi connectivity index (χ1n) is 5.38. The van der Waals surface area contributed by atoms with Crippen LogP contribution in [0.2, 0.25) is 0 Å². The van der Waals surface area contributed by atoms with Crippen LogP contribution in [0.25, 0.3) is 0 Å². The van der Waals surface area contributed by atoms with E-state index in [9.17, 15) is 9.59 Å². The molecule has 1 aromatic heterocycles. The number of nitrogens with one attached hydrogen (secondary N) is 2. The summed E-state index contributed by atoms with van der Waals surface area (Å²) < 4.78 is 0. The molecule has 1 fully saturated rings. The largest absolute Gasteiger partial charge is 0.336 e. The highest BCUT2D eigenvalue weighted by molar-refractivity contribution is 5.94. The first kappa shape index (κ1) is 10.9. The number of rotatable bonds is 1. The first-order chi connectivity index (χ1) is 7.68. The molecular weight excluding hydrogens is 206 g/mol. The van der Waals surface area contributed by atoms with Crippen molar-refractivity contribution in [3.8, 4) is 0 Å². The quantitative estimate of drug-likeness (QED) is 0.686. The molecule has 0 saturated carbocycles. The summed E-state index contributed by atoms with van der Waals surface area (Å²) in [7, 11) is 0. The molecule has 0 spiro atoms. The molecule has 5 heteroatoms. The topological polar surface area (TPSA) is 65.2 Å². The standard InChI is InChI=1S/C11H15N3O2/c1-8-6-9(10(15)13-7-8)11(16)14-4-2-12-3-5-14/h6-7,12H,2-5H2,1H3,(H,13,15). The molecule has 5 nitrogen and oxygen atoms in total. The van der Waals surface area contributed by atoms with Gasteiger partial charge in [-0.3, -0.25) is 9.59 Å². The van der Waals surface area contributed by atoms with Crippen molar-refractivity contribution in [2.75, 3.05) is 26.2 Å². The van der Waals surface area contributed by atoms with Gasteiger partial charge in [0.1, 0.15) is 5.56 Å². The Morgan fingerprint density at radius 1 is 1.38 bits per heavy atom. The zero-order chi connectivity index (χ0) is 11.5. The number of pyridine rings is 1. The number of aromatic nitrogens is 1. The van der Waals surface area contributed by atoms with E-state index in [1.165, 1.54) is 0 Å². The fraction of sp³-hybridized carbons (Fsp3) is 0.455. The Morgan fingerprint density at radius 3 is 2.75 bits per heavy atom. The Balaban J connectivity index is 2.25. The molecule has 0 atom stereocenters. The zero-order valence-corrected chi connectivity index (χ0v) is 9.25. The van der Waals surface area contributed by atoms with Crippen LogP contribution in [0.5, 0.6) is 0 Å². The van der Waals surface area contributed by atoms with E-state index in [0.29, 0.717) is 13.1 Å². The molecule has 2 N–H and O–H groups in total. The number of aryl methyl sites for hydroxylation is 1. The summed E-state index contributed by atoms with van der Waals surface area (Å²) in [6.45, 7) is 4.74. The van der Waals surface area contributed by atoms with Crippen LogP contribution in [0.15, 0.2) is 17.1 Å². The van der Waals surface area contributed by atoms with Gasteiger partial charge in [-0.05, 0) is 18.6 Å². The molecule has 0 bridgehead atoms. The van der Waals surface area contributed by atoms with E-state index in [4.69, 9.17) is 0 Å². The predicted molar refractivity (Wildman–Crippen MR) is 60.6 cm³/mol. The second kappa shape index (κ2) is 4.49. The summed E-state index contributed by atoms with van der Waals surface area (Å²) in [6.07, 6.45) is 1.61. The van der Waals surface area contributed by atoms with Gasteiger partial charge in [0, 0.05) is 32.4 Å². The molecule has 1 saturated heterocycles. The Bertz CT molecular complexity index is 447.